The van der Waals surface area contributed by atoms with E-state index in [-0.39, 0.29) is 0 Å². The third-order valence-corrected chi connectivity index (χ3v) is 3.79. The molecule has 3 atom stereocenters. The molecule has 13 heavy (non-hydrogen) atoms. The molecule has 0 heterocycles. The molecule has 2 rings (SSSR count). The maximum absolute atomic E-state index is 4.09. The van der Waals surface area contributed by atoms with Gasteiger partial charge in [0, 0.05) is 0 Å². The monoisotopic (exact) mass is 176 g/mol. The molecule has 0 heteroatoms. The van der Waals surface area contributed by atoms with Gasteiger partial charge < -0.3 is 0 Å². The molecular formula is C13H20. The van der Waals surface area contributed by atoms with E-state index in [1.807, 2.05) is 0 Å². The Morgan fingerprint density at radius 2 is 1.92 bits per heavy atom. The molecule has 0 radical (unpaired) electrons. The van der Waals surface area contributed by atoms with Crippen molar-refractivity contribution in [3.8, 4) is 0 Å². The summed E-state index contributed by atoms with van der Waals surface area (Å²) in [5.41, 5.74) is 2.46. The van der Waals surface area contributed by atoms with Gasteiger partial charge in [0.1, 0.15) is 0 Å². The molecule has 0 amide bonds. The topological polar surface area (TPSA) is 0 Å². The van der Waals surface area contributed by atoms with E-state index in [9.17, 15) is 0 Å². The van der Waals surface area contributed by atoms with E-state index in [2.05, 4.69) is 20.1 Å². The van der Waals surface area contributed by atoms with Gasteiger partial charge in [-0.15, -0.1) is 0 Å². The van der Waals surface area contributed by atoms with Crippen LogP contribution < -0.4 is 0 Å². The first-order valence-electron chi connectivity index (χ1n) is 5.50. The minimum atomic E-state index is 0.924. The highest BCUT2D eigenvalue weighted by Crippen LogP contribution is 2.52. The number of rotatable bonds is 3. The van der Waals surface area contributed by atoms with Crippen molar-refractivity contribution in [2.75, 3.05) is 0 Å². The van der Waals surface area contributed by atoms with Crippen LogP contribution in [-0.4, -0.2) is 0 Å². The maximum atomic E-state index is 4.09. The molecule has 2 fully saturated rings. The Bertz CT molecular complexity index is 236. The Kier molecular flexibility index (Phi) is 2.31. The molecule has 0 aliphatic heterocycles. The number of allylic oxidation sites excluding steroid dienone is 2. The summed E-state index contributed by atoms with van der Waals surface area (Å²) in [5.74, 6) is 3.14. The van der Waals surface area contributed by atoms with Crippen LogP contribution in [0.5, 0.6) is 0 Å². The Morgan fingerprint density at radius 1 is 1.15 bits per heavy atom. The Balaban J connectivity index is 1.81. The molecule has 0 aromatic heterocycles. The maximum Gasteiger partial charge on any atom is -0.0254 e. The zero-order chi connectivity index (χ0) is 9.42. The van der Waals surface area contributed by atoms with E-state index in [1.54, 1.807) is 0 Å². The molecule has 0 aromatic carbocycles. The van der Waals surface area contributed by atoms with Crippen LogP contribution in [-0.2, 0) is 0 Å². The summed E-state index contributed by atoms with van der Waals surface area (Å²) in [7, 11) is 0. The highest BCUT2D eigenvalue weighted by molar-refractivity contribution is 5.23. The first kappa shape index (κ1) is 9.05. The third kappa shape index (κ3) is 2.04. The van der Waals surface area contributed by atoms with Gasteiger partial charge in [0.15, 0.2) is 0 Å². The van der Waals surface area contributed by atoms with Gasteiger partial charge in [-0.25, -0.2) is 0 Å². The SMILES string of the molecule is C=C(C)C(=C)CC1CCC2CC2C1. The fraction of sp³-hybridized carbons (Fsp3) is 0.692. The molecule has 0 aromatic rings. The largest absolute Gasteiger partial charge is 0.0959 e. The summed E-state index contributed by atoms with van der Waals surface area (Å²) in [6.07, 6.45) is 7.12. The van der Waals surface area contributed by atoms with E-state index < -0.39 is 0 Å². The average molecular weight is 176 g/mol. The Morgan fingerprint density at radius 3 is 2.54 bits per heavy atom. The number of hydrogen-bond donors (Lipinski definition) is 0. The smallest absolute Gasteiger partial charge is 0.0254 e. The average Bonchev–Trinajstić information content (AvgIpc) is 2.81. The third-order valence-electron chi connectivity index (χ3n) is 3.79. The molecule has 0 nitrogen and oxygen atoms in total. The van der Waals surface area contributed by atoms with Crippen LogP contribution in [0, 0.1) is 17.8 Å². The van der Waals surface area contributed by atoms with Crippen molar-refractivity contribution in [2.45, 2.75) is 39.0 Å². The second-order valence-corrected chi connectivity index (χ2v) is 5.02. The summed E-state index contributed by atoms with van der Waals surface area (Å²) >= 11 is 0. The summed E-state index contributed by atoms with van der Waals surface area (Å²) in [5, 5.41) is 0. The van der Waals surface area contributed by atoms with E-state index in [0.717, 1.165) is 17.8 Å². The van der Waals surface area contributed by atoms with Crippen molar-refractivity contribution in [2.24, 2.45) is 17.8 Å². The molecular weight excluding hydrogens is 156 g/mol. The van der Waals surface area contributed by atoms with Gasteiger partial charge in [-0.2, -0.15) is 0 Å². The zero-order valence-corrected chi connectivity index (χ0v) is 8.68. The number of hydrogen-bond acceptors (Lipinski definition) is 0. The van der Waals surface area contributed by atoms with Crippen molar-refractivity contribution in [3.63, 3.8) is 0 Å². The van der Waals surface area contributed by atoms with Gasteiger partial charge in [0.2, 0.25) is 0 Å². The lowest BCUT2D eigenvalue weighted by Crippen LogP contribution is -2.09. The van der Waals surface area contributed by atoms with Crippen molar-refractivity contribution in [3.05, 3.63) is 24.3 Å². The zero-order valence-electron chi connectivity index (χ0n) is 8.68. The lowest BCUT2D eigenvalue weighted by atomic mass is 9.84. The van der Waals surface area contributed by atoms with Crippen molar-refractivity contribution in [1.29, 1.82) is 0 Å². The van der Waals surface area contributed by atoms with Crippen LogP contribution in [0.4, 0.5) is 0 Å². The quantitative estimate of drug-likeness (QED) is 0.571. The predicted molar refractivity (Wildman–Crippen MR) is 57.5 cm³/mol. The molecule has 0 N–H and O–H groups in total. The lowest BCUT2D eigenvalue weighted by molar-refractivity contribution is 0.342. The van der Waals surface area contributed by atoms with Crippen LogP contribution in [0.1, 0.15) is 39.0 Å². The summed E-state index contributed by atoms with van der Waals surface area (Å²) in [6, 6.07) is 0. The standard InChI is InChI=1S/C13H20/c1-9(2)10(3)6-11-4-5-12-8-13(12)7-11/h11-13H,1,3-8H2,2H3. The second-order valence-electron chi connectivity index (χ2n) is 5.02. The Labute approximate surface area is 81.7 Å². The highest BCUT2D eigenvalue weighted by Gasteiger charge is 2.41. The molecule has 3 unspecified atom stereocenters. The number of fused-ring (bicyclic) bond motifs is 1. The minimum Gasteiger partial charge on any atom is -0.0959 e. The second kappa shape index (κ2) is 3.32. The van der Waals surface area contributed by atoms with Gasteiger partial charge in [-0.05, 0) is 56.8 Å². The minimum absolute atomic E-state index is 0.924. The van der Waals surface area contributed by atoms with Crippen LogP contribution in [0.25, 0.3) is 0 Å². The fourth-order valence-corrected chi connectivity index (χ4v) is 2.66. The fourth-order valence-electron chi connectivity index (χ4n) is 2.66. The molecule has 0 spiro atoms. The van der Waals surface area contributed by atoms with E-state index in [0.29, 0.717) is 0 Å². The van der Waals surface area contributed by atoms with Crippen molar-refractivity contribution < 1.29 is 0 Å². The Hall–Kier alpha value is -0.520. The van der Waals surface area contributed by atoms with Gasteiger partial charge >= 0.3 is 0 Å². The van der Waals surface area contributed by atoms with Crippen LogP contribution in [0.15, 0.2) is 24.3 Å². The summed E-state index contributed by atoms with van der Waals surface area (Å²) in [4.78, 5) is 0. The predicted octanol–water partition coefficient (Wildman–Crippen LogP) is 3.95. The van der Waals surface area contributed by atoms with Crippen LogP contribution in [0.3, 0.4) is 0 Å². The van der Waals surface area contributed by atoms with Crippen molar-refractivity contribution in [1.82, 2.24) is 0 Å². The molecule has 72 valence electrons. The van der Waals surface area contributed by atoms with Crippen LogP contribution >= 0.6 is 0 Å². The van der Waals surface area contributed by atoms with E-state index >= 15 is 0 Å². The van der Waals surface area contributed by atoms with Crippen molar-refractivity contribution >= 4 is 0 Å². The molecule has 0 bridgehead atoms. The lowest BCUT2D eigenvalue weighted by Gasteiger charge is -2.22. The van der Waals surface area contributed by atoms with Gasteiger partial charge in [0.25, 0.3) is 0 Å². The normalized spacial score (nSPS) is 36.5. The van der Waals surface area contributed by atoms with E-state index in [1.165, 1.54) is 43.3 Å². The first-order valence-corrected chi connectivity index (χ1v) is 5.50. The van der Waals surface area contributed by atoms with Gasteiger partial charge in [-0.1, -0.05) is 24.3 Å². The van der Waals surface area contributed by atoms with Gasteiger partial charge in [-0.3, -0.25) is 0 Å². The first-order chi connectivity index (χ1) is 6.16. The molecule has 2 aliphatic rings. The summed E-state index contributed by atoms with van der Waals surface area (Å²) in [6.45, 7) is 10.1. The van der Waals surface area contributed by atoms with E-state index in [4.69, 9.17) is 0 Å². The van der Waals surface area contributed by atoms with Crippen LogP contribution in [0.2, 0.25) is 0 Å². The highest BCUT2D eigenvalue weighted by atomic mass is 14.5. The van der Waals surface area contributed by atoms with Gasteiger partial charge in [0.05, 0.1) is 0 Å². The molecule has 2 saturated carbocycles. The molecule has 0 saturated heterocycles. The molecule has 2 aliphatic carbocycles. The summed E-state index contributed by atoms with van der Waals surface area (Å²) < 4.78 is 0.